The number of aryl methyl sites for hydroxylation is 2. The molecule has 1 amide bonds. The highest BCUT2D eigenvalue weighted by atomic mass is 35.5. The third-order valence-corrected chi connectivity index (χ3v) is 7.78. The topological polar surface area (TPSA) is 99.6 Å². The number of amides is 1. The number of pyridine rings is 2. The fraction of sp³-hybridized carbons (Fsp3) is 0.321. The Morgan fingerprint density at radius 2 is 1.82 bits per heavy atom. The second-order valence-electron chi connectivity index (χ2n) is 10.1. The summed E-state index contributed by atoms with van der Waals surface area (Å²) in [6.45, 7) is 2.44. The van der Waals surface area contributed by atoms with E-state index < -0.39 is 0 Å². The maximum atomic E-state index is 13.7. The molecule has 194 valence electrons. The zero-order chi connectivity index (χ0) is 26.4. The third kappa shape index (κ3) is 4.36. The van der Waals surface area contributed by atoms with E-state index in [1.807, 2.05) is 41.9 Å². The summed E-state index contributed by atoms with van der Waals surface area (Å²) < 4.78 is 5.34. The lowest BCUT2D eigenvalue weighted by Gasteiger charge is -2.29. The van der Waals surface area contributed by atoms with E-state index in [0.29, 0.717) is 28.7 Å². The largest absolute Gasteiger partial charge is 0.349 e. The van der Waals surface area contributed by atoms with Gasteiger partial charge in [-0.3, -0.25) is 23.6 Å². The molecule has 1 aliphatic carbocycles. The van der Waals surface area contributed by atoms with Gasteiger partial charge in [0, 0.05) is 31.2 Å². The van der Waals surface area contributed by atoms with Crippen LogP contribution in [0.25, 0.3) is 27.8 Å². The third-order valence-electron chi connectivity index (χ3n) is 7.57. The molecule has 10 heteroatoms. The average molecular weight is 530 g/mol. The van der Waals surface area contributed by atoms with Crippen LogP contribution in [-0.2, 0) is 13.6 Å². The van der Waals surface area contributed by atoms with Crippen molar-refractivity contribution in [2.75, 3.05) is 0 Å². The number of rotatable bonds is 5. The summed E-state index contributed by atoms with van der Waals surface area (Å²) >= 11 is 6.04. The van der Waals surface area contributed by atoms with Gasteiger partial charge in [0.1, 0.15) is 0 Å². The number of halogens is 1. The van der Waals surface area contributed by atoms with E-state index in [9.17, 15) is 9.59 Å². The van der Waals surface area contributed by atoms with Crippen LogP contribution in [0.3, 0.4) is 0 Å². The summed E-state index contributed by atoms with van der Waals surface area (Å²) in [5, 5.41) is 8.76. The molecule has 0 bridgehead atoms. The number of hydrogen-bond acceptors (Lipinski definition) is 5. The Balaban J connectivity index is 1.20. The number of fused-ring (bicyclic) bond motifs is 2. The molecule has 1 saturated carbocycles. The van der Waals surface area contributed by atoms with Crippen LogP contribution in [0.4, 0.5) is 0 Å². The van der Waals surface area contributed by atoms with Gasteiger partial charge in [0.15, 0.2) is 5.65 Å². The first-order chi connectivity index (χ1) is 18.4. The molecule has 4 aromatic heterocycles. The van der Waals surface area contributed by atoms with E-state index >= 15 is 0 Å². The molecule has 0 saturated heterocycles. The molecule has 1 N–H and O–H groups in total. The predicted molar refractivity (Wildman–Crippen MR) is 147 cm³/mol. The van der Waals surface area contributed by atoms with Gasteiger partial charge >= 0.3 is 5.69 Å². The minimum atomic E-state index is -0.139. The molecule has 9 nitrogen and oxygen atoms in total. The van der Waals surface area contributed by atoms with E-state index in [1.165, 1.54) is 0 Å². The standard InChI is InChI=1S/C28H28ClN7O2/c1-17-23(12-20(29)14-30-17)27(37)33-21-9-7-18(8-10-21)16-35-24-5-3-4-6-25(24)36(28(35)38)22-11-19-13-32-34(2)26(19)31-15-22/h3-6,11-15,18,21H,7-10,16H2,1-2H3,(H,33,37). The lowest BCUT2D eigenvalue weighted by Crippen LogP contribution is -2.39. The summed E-state index contributed by atoms with van der Waals surface area (Å²) in [6, 6.07) is 11.6. The Morgan fingerprint density at radius 1 is 1.05 bits per heavy atom. The number of nitrogens with zero attached hydrogens (tertiary/aromatic N) is 6. The quantitative estimate of drug-likeness (QED) is 0.363. The minimum absolute atomic E-state index is 0.0735. The van der Waals surface area contributed by atoms with Crippen LogP contribution in [0.1, 0.15) is 41.7 Å². The Labute approximate surface area is 224 Å². The van der Waals surface area contributed by atoms with Gasteiger partial charge in [-0.1, -0.05) is 23.7 Å². The summed E-state index contributed by atoms with van der Waals surface area (Å²) in [5.74, 6) is 0.202. The van der Waals surface area contributed by atoms with Gasteiger partial charge in [-0.05, 0) is 62.8 Å². The smallest absolute Gasteiger partial charge is 0.333 e. The molecule has 1 fully saturated rings. The molecule has 0 unspecified atom stereocenters. The molecule has 6 rings (SSSR count). The molecule has 0 atom stereocenters. The number of benzene rings is 1. The molecule has 5 aromatic rings. The Bertz CT molecular complexity index is 1730. The Morgan fingerprint density at radius 3 is 2.61 bits per heavy atom. The van der Waals surface area contributed by atoms with Gasteiger partial charge in [-0.15, -0.1) is 0 Å². The first-order valence-corrected chi connectivity index (χ1v) is 13.2. The first-order valence-electron chi connectivity index (χ1n) is 12.8. The molecule has 4 heterocycles. The number of hydrogen-bond donors (Lipinski definition) is 1. The van der Waals surface area contributed by atoms with Crippen molar-refractivity contribution < 1.29 is 4.79 Å². The van der Waals surface area contributed by atoms with E-state index in [1.54, 1.807) is 40.8 Å². The number of para-hydroxylation sites is 2. The monoisotopic (exact) mass is 529 g/mol. The van der Waals surface area contributed by atoms with Crippen molar-refractivity contribution in [3.8, 4) is 5.69 Å². The van der Waals surface area contributed by atoms with Crippen molar-refractivity contribution in [2.45, 2.75) is 45.2 Å². The molecular formula is C28H28ClN7O2. The predicted octanol–water partition coefficient (Wildman–Crippen LogP) is 4.42. The highest BCUT2D eigenvalue weighted by molar-refractivity contribution is 6.30. The normalized spacial score (nSPS) is 17.8. The number of aromatic nitrogens is 6. The fourth-order valence-corrected chi connectivity index (χ4v) is 5.69. The highest BCUT2D eigenvalue weighted by Crippen LogP contribution is 2.28. The van der Waals surface area contributed by atoms with Crippen molar-refractivity contribution in [1.82, 2.24) is 34.2 Å². The van der Waals surface area contributed by atoms with Crippen molar-refractivity contribution in [3.05, 3.63) is 81.8 Å². The molecular weight excluding hydrogens is 502 g/mol. The van der Waals surface area contributed by atoms with Crippen LogP contribution >= 0.6 is 11.6 Å². The second kappa shape index (κ2) is 9.72. The Hall–Kier alpha value is -3.98. The summed E-state index contributed by atoms with van der Waals surface area (Å²) in [5.41, 5.74) is 4.36. The molecule has 1 aromatic carbocycles. The maximum Gasteiger partial charge on any atom is 0.333 e. The zero-order valence-electron chi connectivity index (χ0n) is 21.3. The number of nitrogens with one attached hydrogen (secondary N) is 1. The lowest BCUT2D eigenvalue weighted by molar-refractivity contribution is 0.0919. The lowest BCUT2D eigenvalue weighted by atomic mass is 9.85. The molecule has 0 radical (unpaired) electrons. The van der Waals surface area contributed by atoms with Crippen molar-refractivity contribution >= 4 is 39.6 Å². The van der Waals surface area contributed by atoms with E-state index in [4.69, 9.17) is 11.6 Å². The van der Waals surface area contributed by atoms with Gasteiger partial charge in [-0.2, -0.15) is 5.10 Å². The SMILES string of the molecule is Cc1ncc(Cl)cc1C(=O)NC1CCC(Cn2c(=O)n(-c3cnc4c(cnn4C)c3)c3ccccc32)CC1. The molecule has 0 aliphatic heterocycles. The van der Waals surface area contributed by atoms with Crippen LogP contribution in [0.2, 0.25) is 5.02 Å². The van der Waals surface area contributed by atoms with Crippen LogP contribution in [0, 0.1) is 12.8 Å². The average Bonchev–Trinajstić information content (AvgIpc) is 3.42. The Kier molecular flexibility index (Phi) is 6.23. The summed E-state index contributed by atoms with van der Waals surface area (Å²) in [7, 11) is 1.85. The molecule has 1 aliphatic rings. The zero-order valence-corrected chi connectivity index (χ0v) is 22.0. The molecule has 0 spiro atoms. The van der Waals surface area contributed by atoms with Crippen molar-refractivity contribution in [2.24, 2.45) is 13.0 Å². The number of carbonyl (C=O) groups is 1. The maximum absolute atomic E-state index is 13.7. The summed E-state index contributed by atoms with van der Waals surface area (Å²) in [6.07, 6.45) is 8.60. The number of carbonyl (C=O) groups excluding carboxylic acids is 1. The van der Waals surface area contributed by atoms with Crippen LogP contribution in [0.15, 0.2) is 59.8 Å². The van der Waals surface area contributed by atoms with Gasteiger partial charge in [0.05, 0.1) is 45.4 Å². The van der Waals surface area contributed by atoms with Crippen molar-refractivity contribution in [3.63, 3.8) is 0 Å². The van der Waals surface area contributed by atoms with Crippen LogP contribution in [0.5, 0.6) is 0 Å². The van der Waals surface area contributed by atoms with Gasteiger partial charge in [0.25, 0.3) is 5.91 Å². The van der Waals surface area contributed by atoms with E-state index in [-0.39, 0.29) is 17.6 Å². The van der Waals surface area contributed by atoms with Crippen LogP contribution in [-0.4, -0.2) is 40.8 Å². The first kappa shape index (κ1) is 24.4. The minimum Gasteiger partial charge on any atom is -0.349 e. The van der Waals surface area contributed by atoms with Gasteiger partial charge in [-0.25, -0.2) is 9.78 Å². The summed E-state index contributed by atoms with van der Waals surface area (Å²) in [4.78, 5) is 35.3. The fourth-order valence-electron chi connectivity index (χ4n) is 5.54. The van der Waals surface area contributed by atoms with Gasteiger partial charge in [0.2, 0.25) is 0 Å². The molecule has 38 heavy (non-hydrogen) atoms. The number of imidazole rings is 1. The highest BCUT2D eigenvalue weighted by Gasteiger charge is 2.26. The van der Waals surface area contributed by atoms with Crippen molar-refractivity contribution in [1.29, 1.82) is 0 Å². The second-order valence-corrected chi connectivity index (χ2v) is 10.5. The van der Waals surface area contributed by atoms with Gasteiger partial charge < -0.3 is 5.32 Å². The van der Waals surface area contributed by atoms with E-state index in [0.717, 1.165) is 53.4 Å². The van der Waals surface area contributed by atoms with E-state index in [2.05, 4.69) is 20.4 Å². The van der Waals surface area contributed by atoms with Crippen LogP contribution < -0.4 is 11.0 Å².